The van der Waals surface area contributed by atoms with Crippen LogP contribution >= 0.6 is 0 Å². The molecule has 1 aliphatic rings. The van der Waals surface area contributed by atoms with E-state index in [4.69, 9.17) is 4.74 Å². The maximum atomic E-state index is 14.2. The molecule has 5 atom stereocenters. The number of para-hydroxylation sites is 1. The Morgan fingerprint density at radius 3 is 2.40 bits per heavy atom. The summed E-state index contributed by atoms with van der Waals surface area (Å²) in [4.78, 5) is 51.9. The maximum Gasteiger partial charge on any atom is 0.270 e. The SMILES string of the molecule is CC(C)[C@H](NC(=O)c1ccc2ccccc2n1)C(=O)N[C@@H](Cc1ccccc1)[C@H](O)CN(C(=O)C1C[C@H](OCc2cccnc2)CCN1)C(C)(C)C. The highest BCUT2D eigenvalue weighted by Crippen LogP contribution is 2.22. The Morgan fingerprint density at radius 2 is 1.69 bits per heavy atom. The van der Waals surface area contributed by atoms with Gasteiger partial charge in [-0.25, -0.2) is 4.98 Å². The fourth-order valence-electron chi connectivity index (χ4n) is 6.48. The summed E-state index contributed by atoms with van der Waals surface area (Å²) < 4.78 is 6.18. The lowest BCUT2D eigenvalue weighted by Gasteiger charge is -2.42. The predicted octanol–water partition coefficient (Wildman–Crippen LogP) is 4.44. The van der Waals surface area contributed by atoms with Gasteiger partial charge in [-0.15, -0.1) is 0 Å². The van der Waals surface area contributed by atoms with Gasteiger partial charge in [0.05, 0.1) is 36.4 Å². The van der Waals surface area contributed by atoms with E-state index in [0.717, 1.165) is 22.9 Å². The summed E-state index contributed by atoms with van der Waals surface area (Å²) in [7, 11) is 0. The van der Waals surface area contributed by atoms with Gasteiger partial charge in [-0.3, -0.25) is 19.4 Å². The van der Waals surface area contributed by atoms with Gasteiger partial charge in [0.2, 0.25) is 11.8 Å². The first-order valence-electron chi connectivity index (χ1n) is 18.1. The van der Waals surface area contributed by atoms with Gasteiger partial charge in [0.15, 0.2) is 0 Å². The third-order valence-corrected chi connectivity index (χ3v) is 9.46. The van der Waals surface area contributed by atoms with Crippen molar-refractivity contribution in [3.05, 3.63) is 108 Å². The lowest BCUT2D eigenvalue weighted by Crippen LogP contribution is -2.61. The van der Waals surface area contributed by atoms with Crippen LogP contribution in [0.15, 0.2) is 91.3 Å². The average molecular weight is 709 g/mol. The monoisotopic (exact) mass is 708 g/mol. The second-order valence-corrected chi connectivity index (χ2v) is 14.9. The zero-order valence-corrected chi connectivity index (χ0v) is 30.8. The Labute approximate surface area is 306 Å². The minimum atomic E-state index is -1.13. The molecule has 2 aromatic heterocycles. The lowest BCUT2D eigenvalue weighted by molar-refractivity contribution is -0.143. The molecule has 0 bridgehead atoms. The molecular weight excluding hydrogens is 656 g/mol. The van der Waals surface area contributed by atoms with Crippen molar-refractivity contribution in [2.45, 2.75) is 96.4 Å². The number of aliphatic hydroxyl groups excluding tert-OH is 1. The Balaban J connectivity index is 1.30. The number of rotatable bonds is 14. The van der Waals surface area contributed by atoms with Crippen molar-refractivity contribution in [1.82, 2.24) is 30.8 Å². The van der Waals surface area contributed by atoms with Gasteiger partial charge >= 0.3 is 0 Å². The summed E-state index contributed by atoms with van der Waals surface area (Å²) in [5.74, 6) is -1.30. The van der Waals surface area contributed by atoms with Crippen LogP contribution in [0.2, 0.25) is 0 Å². The van der Waals surface area contributed by atoms with Crippen LogP contribution < -0.4 is 16.0 Å². The fraction of sp³-hybridized carbons (Fsp3) is 0.439. The van der Waals surface area contributed by atoms with E-state index in [1.807, 2.05) is 107 Å². The third kappa shape index (κ3) is 10.4. The number of nitrogens with zero attached hydrogens (tertiary/aromatic N) is 3. The number of nitrogens with one attached hydrogen (secondary N) is 3. The van der Waals surface area contributed by atoms with Gasteiger partial charge in [-0.05, 0) is 81.8 Å². The highest BCUT2D eigenvalue weighted by molar-refractivity contribution is 5.98. The molecule has 1 unspecified atom stereocenters. The summed E-state index contributed by atoms with van der Waals surface area (Å²) in [5.41, 5.74) is 2.14. The number of carbonyl (C=O) groups excluding carboxylic acids is 3. The number of fused-ring (bicyclic) bond motifs is 1. The summed E-state index contributed by atoms with van der Waals surface area (Å²) >= 11 is 0. The number of hydrogen-bond donors (Lipinski definition) is 4. The van der Waals surface area contributed by atoms with Crippen LogP contribution in [0, 0.1) is 5.92 Å². The fourth-order valence-corrected chi connectivity index (χ4v) is 6.48. The largest absolute Gasteiger partial charge is 0.389 e. The average Bonchev–Trinajstić information content (AvgIpc) is 3.14. The van der Waals surface area contributed by atoms with Gasteiger partial charge in [0, 0.05) is 29.9 Å². The molecule has 1 aliphatic heterocycles. The molecule has 0 radical (unpaired) electrons. The van der Waals surface area contributed by atoms with E-state index < -0.39 is 41.6 Å². The molecule has 3 amide bonds. The molecule has 3 heterocycles. The molecular formula is C41H52N6O5. The van der Waals surface area contributed by atoms with Crippen molar-refractivity contribution >= 4 is 28.6 Å². The number of ether oxygens (including phenoxy) is 1. The zero-order valence-electron chi connectivity index (χ0n) is 30.8. The quantitative estimate of drug-likeness (QED) is 0.151. The van der Waals surface area contributed by atoms with Crippen molar-refractivity contribution in [2.24, 2.45) is 5.92 Å². The van der Waals surface area contributed by atoms with Gasteiger partial charge in [0.25, 0.3) is 5.91 Å². The van der Waals surface area contributed by atoms with E-state index in [1.165, 1.54) is 0 Å². The second kappa shape index (κ2) is 17.7. The van der Waals surface area contributed by atoms with E-state index in [2.05, 4.69) is 25.9 Å². The van der Waals surface area contributed by atoms with Gasteiger partial charge in [-0.2, -0.15) is 0 Å². The van der Waals surface area contributed by atoms with E-state index in [9.17, 15) is 19.5 Å². The molecule has 2 aromatic carbocycles. The van der Waals surface area contributed by atoms with Crippen LogP contribution in [0.3, 0.4) is 0 Å². The van der Waals surface area contributed by atoms with E-state index in [-0.39, 0.29) is 30.2 Å². The Morgan fingerprint density at radius 1 is 0.962 bits per heavy atom. The summed E-state index contributed by atoms with van der Waals surface area (Å²) in [5, 5.41) is 22.1. The van der Waals surface area contributed by atoms with Crippen LogP contribution in [0.25, 0.3) is 10.9 Å². The Hall–Kier alpha value is -4.71. The highest BCUT2D eigenvalue weighted by atomic mass is 16.5. The van der Waals surface area contributed by atoms with Gasteiger partial charge in [0.1, 0.15) is 11.7 Å². The van der Waals surface area contributed by atoms with E-state index in [0.29, 0.717) is 31.5 Å². The molecule has 276 valence electrons. The Kier molecular flexibility index (Phi) is 13.1. The normalized spacial score (nSPS) is 18.0. The van der Waals surface area contributed by atoms with Crippen molar-refractivity contribution < 1.29 is 24.2 Å². The molecule has 1 fully saturated rings. The number of benzene rings is 2. The van der Waals surface area contributed by atoms with Crippen LogP contribution in [0.4, 0.5) is 0 Å². The molecule has 1 saturated heterocycles. The molecule has 4 aromatic rings. The number of aromatic nitrogens is 2. The second-order valence-electron chi connectivity index (χ2n) is 14.9. The minimum absolute atomic E-state index is 0.0147. The topological polar surface area (TPSA) is 146 Å². The first-order chi connectivity index (χ1) is 24.9. The first kappa shape index (κ1) is 38.5. The number of hydrogen-bond acceptors (Lipinski definition) is 8. The molecule has 11 nitrogen and oxygen atoms in total. The summed E-state index contributed by atoms with van der Waals surface area (Å²) in [6.07, 6.45) is 3.85. The number of pyridine rings is 2. The van der Waals surface area contributed by atoms with Crippen molar-refractivity contribution in [3.63, 3.8) is 0 Å². The first-order valence-corrected chi connectivity index (χ1v) is 18.1. The van der Waals surface area contributed by atoms with E-state index >= 15 is 0 Å². The summed E-state index contributed by atoms with van der Waals surface area (Å²) in [6, 6.07) is 22.2. The third-order valence-electron chi connectivity index (χ3n) is 9.46. The highest BCUT2D eigenvalue weighted by Gasteiger charge is 2.38. The smallest absolute Gasteiger partial charge is 0.270 e. The molecule has 4 N–H and O–H groups in total. The van der Waals surface area contributed by atoms with Crippen molar-refractivity contribution in [3.8, 4) is 0 Å². The lowest BCUT2D eigenvalue weighted by atomic mass is 9.95. The number of amides is 3. The van der Waals surface area contributed by atoms with Crippen molar-refractivity contribution in [2.75, 3.05) is 13.1 Å². The molecule has 0 saturated carbocycles. The number of aliphatic hydroxyl groups is 1. The number of β-amino-alcohol motifs (C(OH)–C–C–N with tert-alkyl or cyclic N) is 1. The molecule has 5 rings (SSSR count). The summed E-state index contributed by atoms with van der Waals surface area (Å²) in [6.45, 7) is 10.5. The van der Waals surface area contributed by atoms with Crippen LogP contribution in [0.5, 0.6) is 0 Å². The predicted molar refractivity (Wildman–Crippen MR) is 201 cm³/mol. The minimum Gasteiger partial charge on any atom is -0.389 e. The van der Waals surface area contributed by atoms with Crippen LogP contribution in [-0.2, 0) is 27.4 Å². The van der Waals surface area contributed by atoms with Gasteiger partial charge in [-0.1, -0.05) is 74.5 Å². The molecule has 11 heteroatoms. The van der Waals surface area contributed by atoms with Gasteiger partial charge < -0.3 is 30.7 Å². The number of carbonyl (C=O) groups is 3. The maximum absolute atomic E-state index is 14.2. The Bertz CT molecular complexity index is 1780. The molecule has 0 aliphatic carbocycles. The van der Waals surface area contributed by atoms with Crippen LogP contribution in [-0.4, -0.2) is 86.7 Å². The van der Waals surface area contributed by atoms with Crippen LogP contribution in [0.1, 0.15) is 69.1 Å². The van der Waals surface area contributed by atoms with E-state index in [1.54, 1.807) is 23.4 Å². The zero-order chi connectivity index (χ0) is 37.3. The standard InChI is InChI=1S/C41H52N6O5/c1-27(2)37(46-38(49)33-18-17-30-15-9-10-16-32(30)44-33)39(50)45-34(22-28-12-7-6-8-13-28)36(48)25-47(41(3,4)5)40(51)35-23-31(19-21-43-35)52-26-29-14-11-20-42-24-29/h6-18,20,24,27,31,34-37,43,48H,19,21-23,25-26H2,1-5H3,(H,45,50)(H,46,49)/t31-,34+,35?,36-,37+/m1/s1. The number of piperidine rings is 1. The molecule has 0 spiro atoms. The van der Waals surface area contributed by atoms with Crippen molar-refractivity contribution in [1.29, 1.82) is 0 Å². The molecule has 52 heavy (non-hydrogen) atoms.